The molecule has 0 spiro atoms. The maximum atomic E-state index is 12.2. The van der Waals surface area contributed by atoms with Crippen LogP contribution in [0.5, 0.6) is 0 Å². The van der Waals surface area contributed by atoms with Gasteiger partial charge in [0, 0.05) is 6.20 Å². The first-order valence-electron chi connectivity index (χ1n) is 8.30. The number of fused-ring (bicyclic) bond motifs is 1. The predicted octanol–water partition coefficient (Wildman–Crippen LogP) is 4.80. The number of rotatable bonds is 5. The number of carbonyl (C=O) groups is 1. The summed E-state index contributed by atoms with van der Waals surface area (Å²) in [5.74, 6) is -0.125. The lowest BCUT2D eigenvalue weighted by Crippen LogP contribution is -2.05. The van der Waals surface area contributed by atoms with Crippen molar-refractivity contribution in [1.82, 2.24) is 9.38 Å². The van der Waals surface area contributed by atoms with Crippen molar-refractivity contribution in [1.29, 1.82) is 0 Å². The first kappa shape index (κ1) is 16.8. The van der Waals surface area contributed by atoms with Crippen molar-refractivity contribution in [3.05, 3.63) is 59.4 Å². The summed E-state index contributed by atoms with van der Waals surface area (Å²) in [6.45, 7) is 6.11. The van der Waals surface area contributed by atoms with Crippen LogP contribution in [0, 0.1) is 6.92 Å². The van der Waals surface area contributed by atoms with E-state index in [2.05, 4.69) is 22.1 Å². The number of benzene rings is 1. The van der Waals surface area contributed by atoms with Gasteiger partial charge >= 0.3 is 5.97 Å². The predicted molar refractivity (Wildman–Crippen MR) is 95.9 cm³/mol. The molecule has 0 aliphatic carbocycles. The number of aromatic nitrogens is 2. The Hall–Kier alpha value is -3.02. The molecule has 0 aliphatic heterocycles. The van der Waals surface area contributed by atoms with Crippen LogP contribution in [0.3, 0.4) is 0 Å². The fraction of sp³-hybridized carbons (Fsp3) is 0.263. The summed E-state index contributed by atoms with van der Waals surface area (Å²) in [5, 5.41) is 8.79. The number of carbonyl (C=O) groups excluding carboxylic acids is 1. The van der Waals surface area contributed by atoms with Crippen LogP contribution >= 0.6 is 0 Å². The lowest BCUT2D eigenvalue weighted by Gasteiger charge is -2.05. The highest BCUT2D eigenvalue weighted by Crippen LogP contribution is 2.29. The normalized spacial score (nSPS) is 11.3. The van der Waals surface area contributed by atoms with Crippen molar-refractivity contribution < 1.29 is 9.53 Å². The molecule has 2 heterocycles. The Balaban J connectivity index is 2.12. The Morgan fingerprint density at radius 2 is 2.00 bits per heavy atom. The second-order valence-electron chi connectivity index (χ2n) is 5.57. The lowest BCUT2D eigenvalue weighted by atomic mass is 10.1. The smallest absolute Gasteiger partial charge is 0.360 e. The minimum Gasteiger partial charge on any atom is -0.461 e. The topological polar surface area (TPSA) is 68.3 Å². The largest absolute Gasteiger partial charge is 0.461 e. The van der Waals surface area contributed by atoms with Gasteiger partial charge in [-0.3, -0.25) is 4.40 Å². The molecule has 3 rings (SSSR count). The number of hydrogen-bond donors (Lipinski definition) is 0. The molecule has 128 valence electrons. The van der Waals surface area contributed by atoms with Gasteiger partial charge in [0.05, 0.1) is 12.3 Å². The number of aryl methyl sites for hydroxylation is 2. The van der Waals surface area contributed by atoms with Gasteiger partial charge in [0.15, 0.2) is 11.5 Å². The third kappa shape index (κ3) is 3.28. The lowest BCUT2D eigenvalue weighted by molar-refractivity contribution is 0.0521. The molecule has 3 aromatic rings. The highest BCUT2D eigenvalue weighted by molar-refractivity contribution is 5.93. The Kier molecular flexibility index (Phi) is 4.88. The Labute approximate surface area is 146 Å². The third-order valence-electron chi connectivity index (χ3n) is 3.92. The van der Waals surface area contributed by atoms with E-state index in [1.54, 1.807) is 17.5 Å². The van der Waals surface area contributed by atoms with Gasteiger partial charge in [0.1, 0.15) is 5.65 Å². The average molecular weight is 336 g/mol. The molecular weight excluding hydrogens is 316 g/mol. The summed E-state index contributed by atoms with van der Waals surface area (Å²) in [4.78, 5) is 16.6. The second kappa shape index (κ2) is 7.25. The van der Waals surface area contributed by atoms with Gasteiger partial charge in [-0.15, -0.1) is 10.2 Å². The van der Waals surface area contributed by atoms with Crippen molar-refractivity contribution in [2.45, 2.75) is 27.2 Å². The molecule has 1 aromatic carbocycles. The zero-order valence-electron chi connectivity index (χ0n) is 14.6. The summed E-state index contributed by atoms with van der Waals surface area (Å²) < 4.78 is 6.84. The zero-order chi connectivity index (χ0) is 17.8. The minimum atomic E-state index is -0.499. The van der Waals surface area contributed by atoms with Crippen molar-refractivity contribution in [3.8, 4) is 0 Å². The van der Waals surface area contributed by atoms with E-state index >= 15 is 0 Å². The van der Waals surface area contributed by atoms with E-state index in [1.165, 1.54) is 0 Å². The van der Waals surface area contributed by atoms with Gasteiger partial charge < -0.3 is 4.74 Å². The number of nitrogens with zero attached hydrogens (tertiary/aromatic N) is 4. The third-order valence-corrected chi connectivity index (χ3v) is 3.92. The molecule has 2 aromatic heterocycles. The molecule has 0 amide bonds. The fourth-order valence-electron chi connectivity index (χ4n) is 2.66. The number of ether oxygens (including phenoxy) is 1. The summed E-state index contributed by atoms with van der Waals surface area (Å²) in [6.07, 6.45) is 2.66. The molecule has 6 nitrogen and oxygen atoms in total. The number of imidazole rings is 1. The van der Waals surface area contributed by atoms with Crippen molar-refractivity contribution in [3.63, 3.8) is 0 Å². The van der Waals surface area contributed by atoms with E-state index in [0.717, 1.165) is 23.2 Å². The molecular formula is C19H20N4O2. The highest BCUT2D eigenvalue weighted by atomic mass is 16.5. The van der Waals surface area contributed by atoms with E-state index in [9.17, 15) is 4.79 Å². The Morgan fingerprint density at radius 1 is 1.16 bits per heavy atom. The van der Waals surface area contributed by atoms with Crippen molar-refractivity contribution in [2.75, 3.05) is 6.61 Å². The number of hydrogen-bond acceptors (Lipinski definition) is 5. The Bertz CT molecular complexity index is 944. The minimum absolute atomic E-state index is 0.170. The molecule has 0 N–H and O–H groups in total. The molecule has 0 saturated heterocycles. The maximum absolute atomic E-state index is 12.2. The fourth-order valence-corrected chi connectivity index (χ4v) is 2.66. The number of azo groups is 1. The average Bonchev–Trinajstić information content (AvgIpc) is 2.99. The van der Waals surface area contributed by atoms with Crippen molar-refractivity contribution >= 4 is 23.1 Å². The van der Waals surface area contributed by atoms with Gasteiger partial charge in [-0.05, 0) is 43.5 Å². The summed E-state index contributed by atoms with van der Waals surface area (Å²) in [6, 6.07) is 11.6. The first-order valence-corrected chi connectivity index (χ1v) is 8.30. The maximum Gasteiger partial charge on any atom is 0.360 e. The highest BCUT2D eigenvalue weighted by Gasteiger charge is 2.20. The molecule has 0 aliphatic rings. The molecule has 0 radical (unpaired) electrons. The van der Waals surface area contributed by atoms with Crippen LogP contribution in [0.15, 0.2) is 52.8 Å². The molecule has 0 bridgehead atoms. The van der Waals surface area contributed by atoms with E-state index in [0.29, 0.717) is 11.5 Å². The van der Waals surface area contributed by atoms with Gasteiger partial charge in [-0.25, -0.2) is 9.78 Å². The van der Waals surface area contributed by atoms with E-state index in [4.69, 9.17) is 4.74 Å². The second-order valence-corrected chi connectivity index (χ2v) is 5.57. The van der Waals surface area contributed by atoms with E-state index in [-0.39, 0.29) is 12.3 Å². The van der Waals surface area contributed by atoms with E-state index < -0.39 is 5.97 Å². The van der Waals surface area contributed by atoms with Gasteiger partial charge in [-0.2, -0.15) is 0 Å². The van der Waals surface area contributed by atoms with Crippen molar-refractivity contribution in [2.24, 2.45) is 10.2 Å². The summed E-state index contributed by atoms with van der Waals surface area (Å²) in [7, 11) is 0. The van der Waals surface area contributed by atoms with Crippen LogP contribution in [0.25, 0.3) is 5.65 Å². The zero-order valence-corrected chi connectivity index (χ0v) is 14.6. The SMILES string of the molecule is CCOC(=O)c1nc2ccccn2c1N=Nc1c(C)cccc1CC. The summed E-state index contributed by atoms with van der Waals surface area (Å²) in [5.41, 5.74) is 3.76. The molecule has 0 saturated carbocycles. The quantitative estimate of drug-likeness (QED) is 0.496. The van der Waals surface area contributed by atoms with Crippen LogP contribution in [0.2, 0.25) is 0 Å². The van der Waals surface area contributed by atoms with Crippen LogP contribution in [-0.4, -0.2) is 22.0 Å². The van der Waals surface area contributed by atoms with Gasteiger partial charge in [0.2, 0.25) is 0 Å². The van der Waals surface area contributed by atoms with Crippen LogP contribution in [0.1, 0.15) is 35.5 Å². The van der Waals surface area contributed by atoms with E-state index in [1.807, 2.05) is 43.3 Å². The first-order chi connectivity index (χ1) is 12.2. The van der Waals surface area contributed by atoms with Gasteiger partial charge in [-0.1, -0.05) is 31.2 Å². The molecule has 0 unspecified atom stereocenters. The molecule has 6 heteroatoms. The van der Waals surface area contributed by atoms with Crippen LogP contribution in [0.4, 0.5) is 11.5 Å². The Morgan fingerprint density at radius 3 is 2.76 bits per heavy atom. The van der Waals surface area contributed by atoms with Crippen LogP contribution < -0.4 is 0 Å². The monoisotopic (exact) mass is 336 g/mol. The standard InChI is InChI=1S/C19H20N4O2/c1-4-14-10-8-9-13(3)16(14)21-22-18-17(19(24)25-5-2)20-15-11-6-7-12-23(15)18/h6-12H,4-5H2,1-3H3. The van der Waals surface area contributed by atoms with Gasteiger partial charge in [0.25, 0.3) is 0 Å². The number of pyridine rings is 1. The summed E-state index contributed by atoms with van der Waals surface area (Å²) >= 11 is 0. The molecule has 0 fully saturated rings. The van der Waals surface area contributed by atoms with Crippen LogP contribution in [-0.2, 0) is 11.2 Å². The molecule has 0 atom stereocenters. The number of esters is 1. The molecule has 25 heavy (non-hydrogen) atoms.